The fourth-order valence-corrected chi connectivity index (χ4v) is 1.78. The van der Waals surface area contributed by atoms with Crippen molar-refractivity contribution in [3.8, 4) is 5.75 Å². The van der Waals surface area contributed by atoms with Crippen LogP contribution in [0.25, 0.3) is 5.65 Å². The smallest absolute Gasteiger partial charge is 0.434 e. The van der Waals surface area contributed by atoms with Crippen molar-refractivity contribution in [3.63, 3.8) is 0 Å². The summed E-state index contributed by atoms with van der Waals surface area (Å²) >= 11 is 3.18. The first-order valence-corrected chi connectivity index (χ1v) is 5.00. The minimum Gasteiger partial charge on any atom is -0.495 e. The number of ether oxygens (including phenoxy) is 1. The number of fused-ring (bicyclic) bond motifs is 1. The predicted molar refractivity (Wildman–Crippen MR) is 54.4 cm³/mol. The number of alkyl halides is 3. The van der Waals surface area contributed by atoms with Gasteiger partial charge in [-0.25, -0.2) is 4.98 Å². The van der Waals surface area contributed by atoms with E-state index in [9.17, 15) is 13.2 Å². The van der Waals surface area contributed by atoms with E-state index in [0.717, 1.165) is 6.20 Å². The zero-order valence-electron chi connectivity index (χ0n) is 8.05. The number of nitrogens with zero attached hydrogens (tertiary/aromatic N) is 2. The lowest BCUT2D eigenvalue weighted by Crippen LogP contribution is -2.04. The van der Waals surface area contributed by atoms with E-state index in [1.165, 1.54) is 23.8 Å². The highest BCUT2D eigenvalue weighted by molar-refractivity contribution is 9.10. The van der Waals surface area contributed by atoms with Gasteiger partial charge in [0, 0.05) is 18.5 Å². The number of rotatable bonds is 1. The SMILES string of the molecule is COc1cc2nc(C(F)(F)F)cn2cc1Br. The number of hydrogen-bond donors (Lipinski definition) is 0. The van der Waals surface area contributed by atoms with Crippen LogP contribution in [0.4, 0.5) is 13.2 Å². The fraction of sp³-hybridized carbons (Fsp3) is 0.222. The summed E-state index contributed by atoms with van der Waals surface area (Å²) in [5.41, 5.74) is -0.736. The molecule has 0 saturated carbocycles. The molecule has 0 fully saturated rings. The van der Waals surface area contributed by atoms with Gasteiger partial charge in [-0.2, -0.15) is 13.2 Å². The van der Waals surface area contributed by atoms with Crippen LogP contribution in [0.5, 0.6) is 5.75 Å². The molecular formula is C9H6BrF3N2O. The highest BCUT2D eigenvalue weighted by Gasteiger charge is 2.33. The summed E-state index contributed by atoms with van der Waals surface area (Å²) in [5.74, 6) is 0.437. The molecule has 0 aliphatic heterocycles. The zero-order chi connectivity index (χ0) is 11.9. The molecule has 2 rings (SSSR count). The molecule has 7 heteroatoms. The largest absolute Gasteiger partial charge is 0.495 e. The molecule has 0 aliphatic rings. The van der Waals surface area contributed by atoms with Crippen molar-refractivity contribution in [1.82, 2.24) is 9.38 Å². The molecule has 16 heavy (non-hydrogen) atoms. The summed E-state index contributed by atoms with van der Waals surface area (Å²) in [4.78, 5) is 3.47. The lowest BCUT2D eigenvalue weighted by Gasteiger charge is -2.02. The summed E-state index contributed by atoms with van der Waals surface area (Å²) in [5, 5.41) is 0. The first kappa shape index (κ1) is 11.3. The van der Waals surface area contributed by atoms with Gasteiger partial charge in [0.1, 0.15) is 11.4 Å². The zero-order valence-corrected chi connectivity index (χ0v) is 9.63. The average Bonchev–Trinajstić information content (AvgIpc) is 2.58. The van der Waals surface area contributed by atoms with Crippen LogP contribution >= 0.6 is 15.9 Å². The van der Waals surface area contributed by atoms with E-state index in [1.807, 2.05) is 0 Å². The Labute approximate surface area is 97.0 Å². The Kier molecular flexibility index (Phi) is 2.57. The first-order chi connectivity index (χ1) is 7.41. The van der Waals surface area contributed by atoms with Crippen LogP contribution in [-0.4, -0.2) is 16.5 Å². The molecule has 2 heterocycles. The van der Waals surface area contributed by atoms with Gasteiger partial charge in [0.2, 0.25) is 0 Å². The molecular weight excluding hydrogens is 289 g/mol. The maximum Gasteiger partial charge on any atom is 0.434 e. The van der Waals surface area contributed by atoms with Crippen molar-refractivity contribution < 1.29 is 17.9 Å². The maximum atomic E-state index is 12.4. The van der Waals surface area contributed by atoms with Gasteiger partial charge in [-0.05, 0) is 15.9 Å². The van der Waals surface area contributed by atoms with Gasteiger partial charge in [-0.15, -0.1) is 0 Å². The van der Waals surface area contributed by atoms with Crippen LogP contribution in [0.15, 0.2) is 22.9 Å². The van der Waals surface area contributed by atoms with Crippen molar-refractivity contribution in [2.24, 2.45) is 0 Å². The molecule has 3 nitrogen and oxygen atoms in total. The number of hydrogen-bond acceptors (Lipinski definition) is 2. The first-order valence-electron chi connectivity index (χ1n) is 4.21. The van der Waals surface area contributed by atoms with Crippen LogP contribution in [0.2, 0.25) is 0 Å². The van der Waals surface area contributed by atoms with Crippen LogP contribution < -0.4 is 4.74 Å². The topological polar surface area (TPSA) is 26.5 Å². The molecule has 0 N–H and O–H groups in total. The third kappa shape index (κ3) is 1.87. The fourth-order valence-electron chi connectivity index (χ4n) is 1.28. The molecule has 86 valence electrons. The average molecular weight is 295 g/mol. The minimum atomic E-state index is -4.44. The molecule has 0 aliphatic carbocycles. The molecule has 0 radical (unpaired) electrons. The number of halogens is 4. The van der Waals surface area contributed by atoms with Crippen LogP contribution in [0.1, 0.15) is 5.69 Å². The highest BCUT2D eigenvalue weighted by Crippen LogP contribution is 2.31. The van der Waals surface area contributed by atoms with E-state index in [2.05, 4.69) is 20.9 Å². The van der Waals surface area contributed by atoms with Crippen molar-refractivity contribution in [2.45, 2.75) is 6.18 Å². The van der Waals surface area contributed by atoms with E-state index in [4.69, 9.17) is 4.74 Å². The second kappa shape index (κ2) is 3.65. The normalized spacial score (nSPS) is 12.1. The van der Waals surface area contributed by atoms with Gasteiger partial charge in [-0.3, -0.25) is 0 Å². The highest BCUT2D eigenvalue weighted by atomic mass is 79.9. The van der Waals surface area contributed by atoms with Gasteiger partial charge in [-0.1, -0.05) is 0 Å². The van der Waals surface area contributed by atoms with Gasteiger partial charge >= 0.3 is 6.18 Å². The number of imidazole rings is 1. The van der Waals surface area contributed by atoms with E-state index in [1.54, 1.807) is 0 Å². The van der Waals surface area contributed by atoms with Crippen molar-refractivity contribution in [3.05, 3.63) is 28.6 Å². The van der Waals surface area contributed by atoms with Crippen molar-refractivity contribution >= 4 is 21.6 Å². The monoisotopic (exact) mass is 294 g/mol. The third-order valence-electron chi connectivity index (χ3n) is 2.02. The van der Waals surface area contributed by atoms with E-state index < -0.39 is 11.9 Å². The summed E-state index contributed by atoms with van der Waals surface area (Å²) in [6.45, 7) is 0. The summed E-state index contributed by atoms with van der Waals surface area (Å²) in [6, 6.07) is 1.43. The molecule has 0 saturated heterocycles. The van der Waals surface area contributed by atoms with Gasteiger partial charge in [0.05, 0.1) is 11.6 Å². The van der Waals surface area contributed by atoms with Gasteiger partial charge in [0.15, 0.2) is 5.69 Å². The quantitative estimate of drug-likeness (QED) is 0.808. The Morgan fingerprint density at radius 1 is 1.38 bits per heavy atom. The molecule has 0 spiro atoms. The van der Waals surface area contributed by atoms with Crippen LogP contribution in [0.3, 0.4) is 0 Å². The summed E-state index contributed by atoms with van der Waals surface area (Å²) < 4.78 is 44.0. The second-order valence-corrected chi connectivity index (χ2v) is 3.93. The molecule has 0 amide bonds. The molecule has 2 aromatic heterocycles. The number of pyridine rings is 1. The summed E-state index contributed by atoms with van der Waals surface area (Å²) in [6.07, 6.45) is -2.04. The van der Waals surface area contributed by atoms with E-state index in [0.29, 0.717) is 10.2 Å². The number of aromatic nitrogens is 2. The van der Waals surface area contributed by atoms with Crippen LogP contribution in [0, 0.1) is 0 Å². The Morgan fingerprint density at radius 2 is 2.06 bits per heavy atom. The Morgan fingerprint density at radius 3 is 2.62 bits per heavy atom. The van der Waals surface area contributed by atoms with E-state index >= 15 is 0 Å². The van der Waals surface area contributed by atoms with Gasteiger partial charge in [0.25, 0.3) is 0 Å². The molecule has 0 unspecified atom stereocenters. The lowest BCUT2D eigenvalue weighted by atomic mass is 10.4. The molecule has 0 aromatic carbocycles. The standard InChI is InChI=1S/C9H6BrF3N2O/c1-16-6-2-8-14-7(9(11,12)13)4-15(8)3-5(6)10/h2-4H,1H3. The van der Waals surface area contributed by atoms with E-state index in [-0.39, 0.29) is 5.65 Å². The Bertz CT molecular complexity index is 535. The van der Waals surface area contributed by atoms with Gasteiger partial charge < -0.3 is 9.14 Å². The molecule has 0 atom stereocenters. The molecule has 2 aromatic rings. The second-order valence-electron chi connectivity index (χ2n) is 3.08. The van der Waals surface area contributed by atoms with Crippen molar-refractivity contribution in [1.29, 1.82) is 0 Å². The maximum absolute atomic E-state index is 12.4. The molecule has 0 bridgehead atoms. The Hall–Kier alpha value is -1.24. The Balaban J connectivity index is 2.63. The van der Waals surface area contributed by atoms with Crippen molar-refractivity contribution in [2.75, 3.05) is 7.11 Å². The predicted octanol–water partition coefficient (Wildman–Crippen LogP) is 3.12. The minimum absolute atomic E-state index is 0.187. The number of methoxy groups -OCH3 is 1. The van der Waals surface area contributed by atoms with Crippen LogP contribution in [-0.2, 0) is 6.18 Å². The lowest BCUT2D eigenvalue weighted by molar-refractivity contribution is -0.140. The summed E-state index contributed by atoms with van der Waals surface area (Å²) in [7, 11) is 1.43. The third-order valence-corrected chi connectivity index (χ3v) is 2.61.